The fourth-order valence-corrected chi connectivity index (χ4v) is 3.42. The smallest absolute Gasteiger partial charge is 0.256 e. The summed E-state index contributed by atoms with van der Waals surface area (Å²) in [5.74, 6) is 0.592. The van der Waals surface area contributed by atoms with Gasteiger partial charge in [0.2, 0.25) is 0 Å². The lowest BCUT2D eigenvalue weighted by Crippen LogP contribution is -2.45. The molecule has 1 N–H and O–H groups in total. The Morgan fingerprint density at radius 3 is 2.40 bits per heavy atom. The third-order valence-electron chi connectivity index (χ3n) is 4.56. The standard InChI is InChI=1S/C20H30ClNO3/c1-3-13-24-18-10-9-16(15-17(18)21)22-19(23)20(25-14-4-2)11-7-5-6-8-12-20/h9-10,15H,3-8,11-14H2,1-2H3,(H,22,23). The van der Waals surface area contributed by atoms with E-state index in [1.54, 1.807) is 12.1 Å². The van der Waals surface area contributed by atoms with Gasteiger partial charge in [0.15, 0.2) is 0 Å². The van der Waals surface area contributed by atoms with Gasteiger partial charge >= 0.3 is 0 Å². The lowest BCUT2D eigenvalue weighted by Gasteiger charge is -2.31. The van der Waals surface area contributed by atoms with Crippen LogP contribution in [-0.4, -0.2) is 24.7 Å². The first kappa shape index (κ1) is 20.1. The topological polar surface area (TPSA) is 47.6 Å². The van der Waals surface area contributed by atoms with E-state index in [2.05, 4.69) is 12.2 Å². The molecule has 0 saturated heterocycles. The number of ether oxygens (including phenoxy) is 2. The van der Waals surface area contributed by atoms with Crippen molar-refractivity contribution in [2.45, 2.75) is 70.8 Å². The molecular weight excluding hydrogens is 338 g/mol. The first-order valence-electron chi connectivity index (χ1n) is 9.49. The molecule has 2 rings (SSSR count). The second kappa shape index (κ2) is 10.0. The predicted molar refractivity (Wildman–Crippen MR) is 103 cm³/mol. The summed E-state index contributed by atoms with van der Waals surface area (Å²) < 4.78 is 11.7. The highest BCUT2D eigenvalue weighted by atomic mass is 35.5. The Hall–Kier alpha value is -1.26. The molecule has 25 heavy (non-hydrogen) atoms. The van der Waals surface area contributed by atoms with Gasteiger partial charge in [-0.2, -0.15) is 0 Å². The minimum absolute atomic E-state index is 0.0545. The van der Waals surface area contributed by atoms with Gasteiger partial charge in [-0.1, -0.05) is 51.1 Å². The van der Waals surface area contributed by atoms with Crippen LogP contribution in [0.4, 0.5) is 5.69 Å². The Morgan fingerprint density at radius 2 is 1.80 bits per heavy atom. The SMILES string of the molecule is CCCOc1ccc(NC(=O)C2(OCCC)CCCCCC2)cc1Cl. The molecule has 5 heteroatoms. The second-order valence-corrected chi connectivity index (χ2v) is 7.11. The molecule has 0 heterocycles. The first-order valence-corrected chi connectivity index (χ1v) is 9.87. The van der Waals surface area contributed by atoms with Crippen LogP contribution in [0.5, 0.6) is 5.75 Å². The summed E-state index contributed by atoms with van der Waals surface area (Å²) in [6, 6.07) is 5.38. The summed E-state index contributed by atoms with van der Waals surface area (Å²) in [7, 11) is 0. The van der Waals surface area contributed by atoms with E-state index in [1.165, 1.54) is 12.8 Å². The summed E-state index contributed by atoms with van der Waals surface area (Å²) in [6.45, 7) is 5.35. The Kier molecular flexibility index (Phi) is 8.04. The van der Waals surface area contributed by atoms with Crippen LogP contribution in [0.15, 0.2) is 18.2 Å². The molecule has 1 saturated carbocycles. The number of amides is 1. The van der Waals surface area contributed by atoms with Gasteiger partial charge in [-0.05, 0) is 43.9 Å². The fourth-order valence-electron chi connectivity index (χ4n) is 3.19. The molecular formula is C20H30ClNO3. The van der Waals surface area contributed by atoms with Crippen LogP contribution in [0.1, 0.15) is 65.2 Å². The molecule has 0 radical (unpaired) electrons. The first-order chi connectivity index (χ1) is 12.1. The lowest BCUT2D eigenvalue weighted by molar-refractivity contribution is -0.143. The molecule has 0 bridgehead atoms. The van der Waals surface area contributed by atoms with Crippen molar-refractivity contribution in [3.8, 4) is 5.75 Å². The van der Waals surface area contributed by atoms with Crippen LogP contribution >= 0.6 is 11.6 Å². The van der Waals surface area contributed by atoms with Crippen molar-refractivity contribution >= 4 is 23.2 Å². The third-order valence-corrected chi connectivity index (χ3v) is 4.85. The lowest BCUT2D eigenvalue weighted by atomic mass is 9.92. The van der Waals surface area contributed by atoms with E-state index >= 15 is 0 Å². The van der Waals surface area contributed by atoms with E-state index in [0.717, 1.165) is 38.5 Å². The van der Waals surface area contributed by atoms with E-state index < -0.39 is 5.60 Å². The van der Waals surface area contributed by atoms with Gasteiger partial charge in [0.25, 0.3) is 5.91 Å². The summed E-state index contributed by atoms with van der Waals surface area (Å²) in [5.41, 5.74) is -0.0290. The van der Waals surface area contributed by atoms with Gasteiger partial charge in [0.05, 0.1) is 11.6 Å². The zero-order valence-electron chi connectivity index (χ0n) is 15.4. The molecule has 0 aliphatic heterocycles. The number of hydrogen-bond donors (Lipinski definition) is 1. The molecule has 1 aliphatic rings. The monoisotopic (exact) mass is 367 g/mol. The maximum atomic E-state index is 13.0. The normalized spacial score (nSPS) is 16.9. The number of halogens is 1. The number of carbonyl (C=O) groups excluding carboxylic acids is 1. The van der Waals surface area contributed by atoms with Crippen LogP contribution in [0.3, 0.4) is 0 Å². The molecule has 4 nitrogen and oxygen atoms in total. The molecule has 1 aliphatic carbocycles. The molecule has 1 aromatic rings. The number of rotatable bonds is 8. The molecule has 0 spiro atoms. The molecule has 0 aromatic heterocycles. The van der Waals surface area contributed by atoms with Crippen molar-refractivity contribution in [1.82, 2.24) is 0 Å². The zero-order chi connectivity index (χ0) is 18.1. The Balaban J connectivity index is 2.10. The van der Waals surface area contributed by atoms with Crippen LogP contribution in [-0.2, 0) is 9.53 Å². The van der Waals surface area contributed by atoms with Gasteiger partial charge in [0.1, 0.15) is 11.4 Å². The molecule has 140 valence electrons. The van der Waals surface area contributed by atoms with Crippen molar-refractivity contribution in [3.05, 3.63) is 23.2 Å². The van der Waals surface area contributed by atoms with Crippen LogP contribution in [0.2, 0.25) is 5.02 Å². The van der Waals surface area contributed by atoms with Crippen molar-refractivity contribution in [2.24, 2.45) is 0 Å². The molecule has 1 aromatic carbocycles. The van der Waals surface area contributed by atoms with Gasteiger partial charge in [-0.3, -0.25) is 4.79 Å². The highest BCUT2D eigenvalue weighted by Gasteiger charge is 2.39. The third kappa shape index (κ3) is 5.61. The number of carbonyl (C=O) groups is 1. The zero-order valence-corrected chi connectivity index (χ0v) is 16.2. The van der Waals surface area contributed by atoms with Gasteiger partial charge in [-0.25, -0.2) is 0 Å². The molecule has 1 amide bonds. The largest absolute Gasteiger partial charge is 0.492 e. The van der Waals surface area contributed by atoms with E-state index in [1.807, 2.05) is 13.0 Å². The Labute approximate surface area is 156 Å². The summed E-state index contributed by atoms with van der Waals surface area (Å²) in [4.78, 5) is 13.0. The fraction of sp³-hybridized carbons (Fsp3) is 0.650. The highest BCUT2D eigenvalue weighted by molar-refractivity contribution is 6.32. The summed E-state index contributed by atoms with van der Waals surface area (Å²) in [5, 5.41) is 3.52. The van der Waals surface area contributed by atoms with E-state index in [-0.39, 0.29) is 5.91 Å². The number of benzene rings is 1. The Bertz CT molecular complexity index is 554. The predicted octanol–water partition coefficient (Wildman–Crippen LogP) is 5.59. The number of anilines is 1. The van der Waals surface area contributed by atoms with E-state index in [0.29, 0.717) is 29.7 Å². The highest BCUT2D eigenvalue weighted by Crippen LogP contribution is 2.33. The van der Waals surface area contributed by atoms with Crippen molar-refractivity contribution in [1.29, 1.82) is 0 Å². The average Bonchev–Trinajstić information content (AvgIpc) is 2.86. The number of nitrogens with one attached hydrogen (secondary N) is 1. The maximum Gasteiger partial charge on any atom is 0.256 e. The van der Waals surface area contributed by atoms with E-state index in [4.69, 9.17) is 21.1 Å². The van der Waals surface area contributed by atoms with Gasteiger partial charge in [0, 0.05) is 12.3 Å². The van der Waals surface area contributed by atoms with E-state index in [9.17, 15) is 4.79 Å². The van der Waals surface area contributed by atoms with Gasteiger partial charge in [-0.15, -0.1) is 0 Å². The second-order valence-electron chi connectivity index (χ2n) is 6.70. The molecule has 1 fully saturated rings. The molecule has 0 atom stereocenters. The minimum Gasteiger partial charge on any atom is -0.492 e. The minimum atomic E-state index is -0.712. The van der Waals surface area contributed by atoms with Crippen LogP contribution < -0.4 is 10.1 Å². The quantitative estimate of drug-likeness (QED) is 0.609. The maximum absolute atomic E-state index is 13.0. The summed E-state index contributed by atoms with van der Waals surface area (Å²) in [6.07, 6.45) is 7.79. The van der Waals surface area contributed by atoms with Gasteiger partial charge < -0.3 is 14.8 Å². The Morgan fingerprint density at radius 1 is 1.12 bits per heavy atom. The van der Waals surface area contributed by atoms with Crippen LogP contribution in [0, 0.1) is 0 Å². The number of hydrogen-bond acceptors (Lipinski definition) is 3. The summed E-state index contributed by atoms with van der Waals surface area (Å²) >= 11 is 6.27. The average molecular weight is 368 g/mol. The van der Waals surface area contributed by atoms with Crippen LogP contribution in [0.25, 0.3) is 0 Å². The molecule has 0 unspecified atom stereocenters. The van der Waals surface area contributed by atoms with Crippen molar-refractivity contribution in [3.63, 3.8) is 0 Å². The van der Waals surface area contributed by atoms with Crippen molar-refractivity contribution < 1.29 is 14.3 Å². The van der Waals surface area contributed by atoms with Crippen molar-refractivity contribution in [2.75, 3.05) is 18.5 Å².